The van der Waals surface area contributed by atoms with Crippen LogP contribution in [-0.4, -0.2) is 59.0 Å². The molecule has 0 bridgehead atoms. The second-order valence-electron chi connectivity index (χ2n) is 4.13. The molecule has 2 rings (SSSR count). The van der Waals surface area contributed by atoms with Gasteiger partial charge in [-0.15, -0.1) is 0 Å². The molecule has 98 valence electrons. The van der Waals surface area contributed by atoms with Gasteiger partial charge in [-0.05, 0) is 0 Å². The highest BCUT2D eigenvalue weighted by Crippen LogP contribution is 2.04. The van der Waals surface area contributed by atoms with E-state index in [0.717, 1.165) is 0 Å². The van der Waals surface area contributed by atoms with Crippen LogP contribution in [0.2, 0.25) is 0 Å². The van der Waals surface area contributed by atoms with Crippen LogP contribution < -0.4 is 5.32 Å². The van der Waals surface area contributed by atoms with Crippen molar-refractivity contribution in [3.63, 3.8) is 0 Å². The molecular weight excluding hydrogens is 236 g/mol. The van der Waals surface area contributed by atoms with E-state index in [9.17, 15) is 9.59 Å². The molecule has 0 aromatic carbocycles. The Morgan fingerprint density at radius 1 is 1.67 bits per heavy atom. The number of morpholine rings is 1. The number of H-pyrrole nitrogens is 1. The third-order valence-electron chi connectivity index (χ3n) is 2.82. The molecule has 1 fully saturated rings. The lowest BCUT2D eigenvalue weighted by Crippen LogP contribution is -2.49. The fourth-order valence-corrected chi connectivity index (χ4v) is 1.81. The zero-order chi connectivity index (χ0) is 13.0. The second-order valence-corrected chi connectivity index (χ2v) is 4.13. The summed E-state index contributed by atoms with van der Waals surface area (Å²) >= 11 is 0. The van der Waals surface area contributed by atoms with Gasteiger partial charge in [-0.2, -0.15) is 0 Å². The predicted octanol–water partition coefficient (Wildman–Crippen LogP) is -0.613. The van der Waals surface area contributed by atoms with Crippen LogP contribution in [0.15, 0.2) is 12.5 Å². The van der Waals surface area contributed by atoms with Gasteiger partial charge < -0.3 is 19.9 Å². The number of nitrogens with one attached hydrogen (secondary N) is 2. The molecule has 1 aliphatic heterocycles. The molecule has 2 amide bonds. The van der Waals surface area contributed by atoms with Gasteiger partial charge in [-0.1, -0.05) is 0 Å². The van der Waals surface area contributed by atoms with Gasteiger partial charge in [0.2, 0.25) is 5.91 Å². The largest absolute Gasteiger partial charge is 0.373 e. The van der Waals surface area contributed by atoms with Crippen molar-refractivity contribution in [3.05, 3.63) is 18.2 Å². The Morgan fingerprint density at radius 2 is 2.50 bits per heavy atom. The smallest absolute Gasteiger partial charge is 0.269 e. The molecule has 2 N–H and O–H groups in total. The van der Waals surface area contributed by atoms with Gasteiger partial charge in [0.25, 0.3) is 5.91 Å². The van der Waals surface area contributed by atoms with Crippen LogP contribution in [0.1, 0.15) is 17.4 Å². The lowest BCUT2D eigenvalue weighted by molar-refractivity contribution is -0.136. The summed E-state index contributed by atoms with van der Waals surface area (Å²) in [5.41, 5.74) is 0.411. The van der Waals surface area contributed by atoms with Crippen molar-refractivity contribution in [2.75, 3.05) is 26.2 Å². The van der Waals surface area contributed by atoms with Crippen LogP contribution in [-0.2, 0) is 9.53 Å². The number of aromatic nitrogens is 2. The molecule has 2 heterocycles. The van der Waals surface area contributed by atoms with E-state index in [4.69, 9.17) is 4.74 Å². The van der Waals surface area contributed by atoms with Crippen LogP contribution in [0.3, 0.4) is 0 Å². The molecule has 0 aliphatic carbocycles. The Hall–Kier alpha value is -1.89. The number of amides is 2. The summed E-state index contributed by atoms with van der Waals surface area (Å²) in [6.45, 7) is 3.54. The Morgan fingerprint density at radius 3 is 3.17 bits per heavy atom. The third-order valence-corrected chi connectivity index (χ3v) is 2.82. The van der Waals surface area contributed by atoms with Crippen molar-refractivity contribution in [1.82, 2.24) is 20.2 Å². The Labute approximate surface area is 105 Å². The van der Waals surface area contributed by atoms with E-state index in [2.05, 4.69) is 15.3 Å². The molecule has 0 radical (unpaired) electrons. The highest BCUT2D eigenvalue weighted by molar-refractivity contribution is 5.91. The minimum absolute atomic E-state index is 0.0307. The summed E-state index contributed by atoms with van der Waals surface area (Å²) in [4.78, 5) is 31.1. The summed E-state index contributed by atoms with van der Waals surface area (Å²) in [6.07, 6.45) is 2.75. The van der Waals surface area contributed by atoms with Gasteiger partial charge in [0.1, 0.15) is 5.69 Å². The zero-order valence-electron chi connectivity index (χ0n) is 10.2. The number of rotatable bonds is 3. The van der Waals surface area contributed by atoms with Crippen LogP contribution in [0.4, 0.5) is 0 Å². The van der Waals surface area contributed by atoms with Gasteiger partial charge >= 0.3 is 0 Å². The summed E-state index contributed by atoms with van der Waals surface area (Å²) in [6, 6.07) is 0. The molecule has 1 aromatic heterocycles. The average molecular weight is 252 g/mol. The van der Waals surface area contributed by atoms with Crippen molar-refractivity contribution in [1.29, 1.82) is 0 Å². The molecule has 0 saturated carbocycles. The van der Waals surface area contributed by atoms with Gasteiger partial charge in [-0.25, -0.2) is 4.98 Å². The summed E-state index contributed by atoms with van der Waals surface area (Å²) in [5.74, 6) is -0.195. The normalized spacial score (nSPS) is 19.6. The monoisotopic (exact) mass is 252 g/mol. The van der Waals surface area contributed by atoms with Crippen LogP contribution in [0.25, 0.3) is 0 Å². The molecule has 0 spiro atoms. The van der Waals surface area contributed by atoms with E-state index in [1.807, 2.05) is 0 Å². The second kappa shape index (κ2) is 5.63. The number of carbonyl (C=O) groups is 2. The molecule has 7 nitrogen and oxygen atoms in total. The van der Waals surface area contributed by atoms with E-state index in [-0.39, 0.29) is 17.9 Å². The lowest BCUT2D eigenvalue weighted by atomic mass is 10.2. The number of imidazole rings is 1. The quantitative estimate of drug-likeness (QED) is 0.751. The standard InChI is InChI=1S/C11H16N4O3/c1-8(16)15-2-3-18-9(6-15)4-13-11(17)10-5-12-7-14-10/h5,7,9H,2-4,6H2,1H3,(H,12,14)(H,13,17)/t9-/m0/s1. The fraction of sp³-hybridized carbons (Fsp3) is 0.545. The summed E-state index contributed by atoms with van der Waals surface area (Å²) in [5, 5.41) is 2.74. The van der Waals surface area contributed by atoms with Gasteiger partial charge in [-0.3, -0.25) is 9.59 Å². The lowest BCUT2D eigenvalue weighted by Gasteiger charge is -2.32. The van der Waals surface area contributed by atoms with Gasteiger partial charge in [0, 0.05) is 26.6 Å². The minimum Gasteiger partial charge on any atom is -0.373 e. The molecule has 18 heavy (non-hydrogen) atoms. The molecular formula is C11H16N4O3. The van der Waals surface area contributed by atoms with Crippen LogP contribution in [0, 0.1) is 0 Å². The average Bonchev–Trinajstić information content (AvgIpc) is 2.90. The Kier molecular flexibility index (Phi) is 3.93. The number of ether oxygens (including phenoxy) is 1. The predicted molar refractivity (Wildman–Crippen MR) is 62.9 cm³/mol. The van der Waals surface area contributed by atoms with Crippen molar-refractivity contribution < 1.29 is 14.3 Å². The summed E-state index contributed by atoms with van der Waals surface area (Å²) < 4.78 is 5.49. The molecule has 1 saturated heterocycles. The number of hydrogen-bond donors (Lipinski definition) is 2. The maximum absolute atomic E-state index is 11.6. The molecule has 7 heteroatoms. The van der Waals surface area contributed by atoms with Crippen LogP contribution >= 0.6 is 0 Å². The van der Waals surface area contributed by atoms with Crippen molar-refractivity contribution >= 4 is 11.8 Å². The maximum Gasteiger partial charge on any atom is 0.269 e. The van der Waals surface area contributed by atoms with E-state index in [0.29, 0.717) is 31.9 Å². The zero-order valence-corrected chi connectivity index (χ0v) is 10.2. The highest BCUT2D eigenvalue weighted by atomic mass is 16.5. The van der Waals surface area contributed by atoms with E-state index < -0.39 is 0 Å². The minimum atomic E-state index is -0.226. The van der Waals surface area contributed by atoms with Gasteiger partial charge in [0.05, 0.1) is 25.2 Å². The van der Waals surface area contributed by atoms with Crippen LogP contribution in [0.5, 0.6) is 0 Å². The highest BCUT2D eigenvalue weighted by Gasteiger charge is 2.22. The molecule has 1 aliphatic rings. The van der Waals surface area contributed by atoms with Crippen molar-refractivity contribution in [2.24, 2.45) is 0 Å². The van der Waals surface area contributed by atoms with E-state index in [1.165, 1.54) is 19.4 Å². The fourth-order valence-electron chi connectivity index (χ4n) is 1.81. The molecule has 0 unspecified atom stereocenters. The number of carbonyl (C=O) groups excluding carboxylic acids is 2. The first-order valence-electron chi connectivity index (χ1n) is 5.80. The first-order chi connectivity index (χ1) is 8.66. The van der Waals surface area contributed by atoms with E-state index >= 15 is 0 Å². The summed E-state index contributed by atoms with van der Waals surface area (Å²) in [7, 11) is 0. The molecule has 1 atom stereocenters. The number of hydrogen-bond acceptors (Lipinski definition) is 4. The molecule has 1 aromatic rings. The first-order valence-corrected chi connectivity index (χ1v) is 5.80. The van der Waals surface area contributed by atoms with Gasteiger partial charge in [0.15, 0.2) is 0 Å². The first kappa shape index (κ1) is 12.6. The SMILES string of the molecule is CC(=O)N1CCO[C@@H](CNC(=O)c2cnc[nH]2)C1. The van der Waals surface area contributed by atoms with Crippen molar-refractivity contribution in [3.8, 4) is 0 Å². The van der Waals surface area contributed by atoms with E-state index in [1.54, 1.807) is 4.90 Å². The Bertz CT molecular complexity index is 418. The number of aromatic amines is 1. The topological polar surface area (TPSA) is 87.3 Å². The number of nitrogens with zero attached hydrogens (tertiary/aromatic N) is 2. The van der Waals surface area contributed by atoms with Crippen molar-refractivity contribution in [2.45, 2.75) is 13.0 Å². The third kappa shape index (κ3) is 3.07. The Balaban J connectivity index is 1.80. The maximum atomic E-state index is 11.6.